The molecule has 0 bridgehead atoms. The smallest absolute Gasteiger partial charge is 0.264 e. The topological polar surface area (TPSA) is 86.8 Å². The summed E-state index contributed by atoms with van der Waals surface area (Å²) in [5.74, 6) is -0.809. The van der Waals surface area contributed by atoms with Crippen LogP contribution in [0.15, 0.2) is 77.7 Å². The van der Waals surface area contributed by atoms with Crippen molar-refractivity contribution in [2.24, 2.45) is 5.92 Å². The summed E-state index contributed by atoms with van der Waals surface area (Å²) in [6.07, 6.45) is 2.69. The zero-order valence-corrected chi connectivity index (χ0v) is 21.0. The average molecular weight is 504 g/mol. The lowest BCUT2D eigenvalue weighted by Crippen LogP contribution is -2.35. The first-order valence-electron chi connectivity index (χ1n) is 12.3. The Morgan fingerprint density at radius 2 is 1.72 bits per heavy atom. The van der Waals surface area contributed by atoms with Gasteiger partial charge >= 0.3 is 0 Å². The summed E-state index contributed by atoms with van der Waals surface area (Å²) in [7, 11) is -3.72. The molecule has 8 heteroatoms. The minimum Gasteiger partial charge on any atom is -0.326 e. The van der Waals surface area contributed by atoms with Gasteiger partial charge in [-0.3, -0.25) is 13.9 Å². The van der Waals surface area contributed by atoms with Crippen molar-refractivity contribution < 1.29 is 18.0 Å². The van der Waals surface area contributed by atoms with Crippen LogP contribution >= 0.6 is 0 Å². The Labute approximate surface area is 211 Å². The molecule has 2 aliphatic rings. The van der Waals surface area contributed by atoms with E-state index in [1.807, 2.05) is 48.5 Å². The van der Waals surface area contributed by atoms with Crippen LogP contribution in [0.25, 0.3) is 0 Å². The molecule has 1 N–H and O–H groups in total. The minimum absolute atomic E-state index is 0.0809. The van der Waals surface area contributed by atoms with Gasteiger partial charge in [-0.15, -0.1) is 0 Å². The molecule has 1 atom stereocenters. The molecule has 3 aromatic rings. The van der Waals surface area contributed by atoms with Gasteiger partial charge in [0.2, 0.25) is 11.8 Å². The summed E-state index contributed by atoms with van der Waals surface area (Å²) in [4.78, 5) is 27.3. The SMILES string of the molecule is CCc1ccc(N2CC(C(=O)Nc3ccc(S(=O)(=O)N4CCCc5ccccc54)cc3)CC2=O)cc1. The first kappa shape index (κ1) is 24.1. The number of carbonyl (C=O) groups excluding carboxylic acids is 2. The molecular formula is C28H29N3O4S. The van der Waals surface area contributed by atoms with Crippen LogP contribution in [-0.4, -0.2) is 33.3 Å². The Kier molecular flexibility index (Phi) is 6.53. The molecule has 1 saturated heterocycles. The third-order valence-corrected chi connectivity index (χ3v) is 8.76. The van der Waals surface area contributed by atoms with Crippen molar-refractivity contribution in [1.29, 1.82) is 0 Å². The number of nitrogens with one attached hydrogen (secondary N) is 1. The van der Waals surface area contributed by atoms with Gasteiger partial charge in [0.05, 0.1) is 16.5 Å². The molecule has 2 amide bonds. The van der Waals surface area contributed by atoms with Crippen molar-refractivity contribution in [2.75, 3.05) is 27.6 Å². The lowest BCUT2D eigenvalue weighted by atomic mass is 10.0. The van der Waals surface area contributed by atoms with Crippen molar-refractivity contribution in [1.82, 2.24) is 0 Å². The molecular weight excluding hydrogens is 474 g/mol. The molecule has 36 heavy (non-hydrogen) atoms. The summed E-state index contributed by atoms with van der Waals surface area (Å²) >= 11 is 0. The normalized spacial score (nSPS) is 17.7. The highest BCUT2D eigenvalue weighted by atomic mass is 32.2. The van der Waals surface area contributed by atoms with Crippen LogP contribution in [0.1, 0.15) is 30.9 Å². The molecule has 2 heterocycles. The lowest BCUT2D eigenvalue weighted by Gasteiger charge is -2.30. The molecule has 2 aliphatic heterocycles. The van der Waals surface area contributed by atoms with Gasteiger partial charge in [0.15, 0.2) is 0 Å². The Hall–Kier alpha value is -3.65. The number of aryl methyl sites for hydroxylation is 2. The quantitative estimate of drug-likeness (QED) is 0.541. The zero-order valence-electron chi connectivity index (χ0n) is 20.2. The van der Waals surface area contributed by atoms with Crippen molar-refractivity contribution in [3.63, 3.8) is 0 Å². The Morgan fingerprint density at radius 1 is 1.00 bits per heavy atom. The van der Waals surface area contributed by atoms with E-state index >= 15 is 0 Å². The van der Waals surface area contributed by atoms with Crippen LogP contribution in [0.5, 0.6) is 0 Å². The second-order valence-electron chi connectivity index (χ2n) is 9.25. The maximum absolute atomic E-state index is 13.3. The number of hydrogen-bond acceptors (Lipinski definition) is 4. The van der Waals surface area contributed by atoms with E-state index in [0.29, 0.717) is 18.8 Å². The molecule has 0 spiro atoms. The van der Waals surface area contributed by atoms with E-state index in [4.69, 9.17) is 0 Å². The molecule has 0 aromatic heterocycles. The Balaban J connectivity index is 1.26. The van der Waals surface area contributed by atoms with E-state index in [9.17, 15) is 18.0 Å². The van der Waals surface area contributed by atoms with Gasteiger partial charge in [0.25, 0.3) is 10.0 Å². The fraction of sp³-hybridized carbons (Fsp3) is 0.286. The lowest BCUT2D eigenvalue weighted by molar-refractivity contribution is -0.122. The third kappa shape index (κ3) is 4.60. The molecule has 0 saturated carbocycles. The number of carbonyl (C=O) groups is 2. The number of rotatable bonds is 6. The summed E-state index contributed by atoms with van der Waals surface area (Å²) < 4.78 is 28.1. The maximum Gasteiger partial charge on any atom is 0.264 e. The number of anilines is 3. The number of hydrogen-bond donors (Lipinski definition) is 1. The van der Waals surface area contributed by atoms with Gasteiger partial charge in [0.1, 0.15) is 0 Å². The monoisotopic (exact) mass is 503 g/mol. The van der Waals surface area contributed by atoms with Crippen LogP contribution in [0, 0.1) is 5.92 Å². The van der Waals surface area contributed by atoms with Crippen LogP contribution in [0.2, 0.25) is 0 Å². The van der Waals surface area contributed by atoms with Crippen LogP contribution in [-0.2, 0) is 32.5 Å². The summed E-state index contributed by atoms with van der Waals surface area (Å²) in [5.41, 5.74) is 4.23. The predicted octanol–water partition coefficient (Wildman–Crippen LogP) is 4.38. The van der Waals surface area contributed by atoms with E-state index in [2.05, 4.69) is 12.2 Å². The fourth-order valence-electron chi connectivity index (χ4n) is 4.87. The molecule has 0 radical (unpaired) electrons. The number of benzene rings is 3. The van der Waals surface area contributed by atoms with Crippen molar-refractivity contribution in [3.05, 3.63) is 83.9 Å². The zero-order chi connectivity index (χ0) is 25.3. The van der Waals surface area contributed by atoms with Crippen LogP contribution in [0.4, 0.5) is 17.1 Å². The summed E-state index contributed by atoms with van der Waals surface area (Å²) in [6.45, 7) is 2.83. The van der Waals surface area contributed by atoms with Gasteiger partial charge in [0, 0.05) is 30.9 Å². The number of sulfonamides is 1. The third-order valence-electron chi connectivity index (χ3n) is 6.93. The van der Waals surface area contributed by atoms with Crippen LogP contribution < -0.4 is 14.5 Å². The van der Waals surface area contributed by atoms with E-state index in [1.54, 1.807) is 17.0 Å². The average Bonchev–Trinajstić information content (AvgIpc) is 3.30. The van der Waals surface area contributed by atoms with Gasteiger partial charge < -0.3 is 10.2 Å². The van der Waals surface area contributed by atoms with Crippen molar-refractivity contribution >= 4 is 38.9 Å². The van der Waals surface area contributed by atoms with Crippen LogP contribution in [0.3, 0.4) is 0 Å². The molecule has 3 aromatic carbocycles. The number of para-hydroxylation sites is 1. The highest BCUT2D eigenvalue weighted by Crippen LogP contribution is 2.32. The van der Waals surface area contributed by atoms with E-state index < -0.39 is 15.9 Å². The number of nitrogens with zero attached hydrogens (tertiary/aromatic N) is 2. The molecule has 1 fully saturated rings. The van der Waals surface area contributed by atoms with E-state index in [-0.39, 0.29) is 23.1 Å². The Morgan fingerprint density at radius 3 is 2.44 bits per heavy atom. The maximum atomic E-state index is 13.3. The first-order valence-corrected chi connectivity index (χ1v) is 13.7. The molecule has 186 valence electrons. The van der Waals surface area contributed by atoms with E-state index in [0.717, 1.165) is 36.2 Å². The fourth-order valence-corrected chi connectivity index (χ4v) is 6.42. The summed E-state index contributed by atoms with van der Waals surface area (Å²) in [6, 6.07) is 21.6. The predicted molar refractivity (Wildman–Crippen MR) is 141 cm³/mol. The largest absolute Gasteiger partial charge is 0.326 e. The van der Waals surface area contributed by atoms with E-state index in [1.165, 1.54) is 22.0 Å². The number of amides is 2. The van der Waals surface area contributed by atoms with Gasteiger partial charge in [-0.25, -0.2) is 8.42 Å². The standard InChI is InChI=1S/C28H29N3O4S/c1-2-20-9-13-24(14-10-20)30-19-22(18-27(30)32)28(33)29-23-11-15-25(16-12-23)36(34,35)31-17-5-7-21-6-3-4-8-26(21)31/h3-4,6,8-16,22H,2,5,7,17-19H2,1H3,(H,29,33). The molecule has 1 unspecified atom stereocenters. The number of fused-ring (bicyclic) bond motifs is 1. The molecule has 7 nitrogen and oxygen atoms in total. The molecule has 0 aliphatic carbocycles. The Bertz CT molecular complexity index is 1390. The molecule has 5 rings (SSSR count). The highest BCUT2D eigenvalue weighted by Gasteiger charge is 2.35. The second-order valence-corrected chi connectivity index (χ2v) is 11.1. The minimum atomic E-state index is -3.72. The van der Waals surface area contributed by atoms with Gasteiger partial charge in [-0.1, -0.05) is 37.3 Å². The van der Waals surface area contributed by atoms with Gasteiger partial charge in [-0.05, 0) is 72.9 Å². The van der Waals surface area contributed by atoms with Gasteiger partial charge in [-0.2, -0.15) is 0 Å². The van der Waals surface area contributed by atoms with Crippen molar-refractivity contribution in [2.45, 2.75) is 37.5 Å². The summed E-state index contributed by atoms with van der Waals surface area (Å²) in [5, 5.41) is 2.84. The highest BCUT2D eigenvalue weighted by molar-refractivity contribution is 7.92. The second kappa shape index (κ2) is 9.78. The van der Waals surface area contributed by atoms with Crippen molar-refractivity contribution in [3.8, 4) is 0 Å². The first-order chi connectivity index (χ1) is 17.4.